The van der Waals surface area contributed by atoms with Crippen LogP contribution in [0.3, 0.4) is 0 Å². The van der Waals surface area contributed by atoms with Crippen LogP contribution in [0.1, 0.15) is 25.3 Å². The molecular formula is C17H25ClN2O5S. The number of carbonyl (C=O) groups excluding carboxylic acids is 1. The van der Waals surface area contributed by atoms with Crippen molar-refractivity contribution >= 4 is 28.4 Å². The zero-order chi connectivity index (χ0) is 18.0. The van der Waals surface area contributed by atoms with Gasteiger partial charge in [-0.15, -0.1) is 12.4 Å². The van der Waals surface area contributed by atoms with Crippen molar-refractivity contribution in [3.8, 4) is 5.75 Å². The van der Waals surface area contributed by atoms with Crippen molar-refractivity contribution < 1.29 is 22.7 Å². The predicted molar refractivity (Wildman–Crippen MR) is 99.3 cm³/mol. The fraction of sp³-hybridized carbons (Fsp3) is 0.588. The molecule has 1 N–H and O–H groups in total. The number of halogens is 1. The monoisotopic (exact) mass is 404 g/mol. The van der Waals surface area contributed by atoms with Gasteiger partial charge in [0.1, 0.15) is 5.75 Å². The minimum Gasteiger partial charge on any atom is -0.478 e. The summed E-state index contributed by atoms with van der Waals surface area (Å²) in [6.45, 7) is 3.67. The largest absolute Gasteiger partial charge is 0.478 e. The molecule has 1 saturated heterocycles. The van der Waals surface area contributed by atoms with Gasteiger partial charge in [-0.3, -0.25) is 0 Å². The summed E-state index contributed by atoms with van der Waals surface area (Å²) >= 11 is 0. The van der Waals surface area contributed by atoms with Gasteiger partial charge >= 0.3 is 5.97 Å². The van der Waals surface area contributed by atoms with Gasteiger partial charge in [-0.1, -0.05) is 0 Å². The SMILES string of the molecule is CCOC(=O)C1Cc2cc(S(=O)(=O)N(C)C3CCNCC3)ccc2O1.Cl. The van der Waals surface area contributed by atoms with Crippen LogP contribution >= 0.6 is 12.4 Å². The first kappa shape index (κ1) is 21.0. The van der Waals surface area contributed by atoms with Gasteiger partial charge in [0.05, 0.1) is 11.5 Å². The fourth-order valence-corrected chi connectivity index (χ4v) is 4.75. The van der Waals surface area contributed by atoms with Crippen molar-refractivity contribution in [3.63, 3.8) is 0 Å². The molecule has 3 rings (SSSR count). The second kappa shape index (κ2) is 8.56. The first-order chi connectivity index (χ1) is 11.9. The van der Waals surface area contributed by atoms with E-state index in [0.29, 0.717) is 12.2 Å². The lowest BCUT2D eigenvalue weighted by Crippen LogP contribution is -2.43. The molecule has 1 aromatic rings. The summed E-state index contributed by atoms with van der Waals surface area (Å²) in [5, 5.41) is 3.24. The molecule has 9 heteroatoms. The quantitative estimate of drug-likeness (QED) is 0.745. The van der Waals surface area contributed by atoms with Crippen molar-refractivity contribution in [2.75, 3.05) is 26.7 Å². The van der Waals surface area contributed by atoms with Crippen LogP contribution in [0.4, 0.5) is 0 Å². The van der Waals surface area contributed by atoms with Crippen molar-refractivity contribution in [2.24, 2.45) is 0 Å². The Bertz CT molecular complexity index is 750. The Balaban J connectivity index is 0.00000243. The minimum absolute atomic E-state index is 0. The van der Waals surface area contributed by atoms with Gasteiger partial charge in [0.2, 0.25) is 10.0 Å². The third-order valence-electron chi connectivity index (χ3n) is 4.76. The van der Waals surface area contributed by atoms with E-state index in [4.69, 9.17) is 9.47 Å². The van der Waals surface area contributed by atoms with E-state index < -0.39 is 22.1 Å². The molecular weight excluding hydrogens is 380 g/mol. The molecule has 2 heterocycles. The average Bonchev–Trinajstić information content (AvgIpc) is 3.05. The number of carbonyl (C=O) groups is 1. The highest BCUT2D eigenvalue weighted by atomic mass is 35.5. The van der Waals surface area contributed by atoms with E-state index >= 15 is 0 Å². The highest BCUT2D eigenvalue weighted by Crippen LogP contribution is 2.32. The lowest BCUT2D eigenvalue weighted by atomic mass is 10.1. The number of esters is 1. The van der Waals surface area contributed by atoms with Crippen LogP contribution in [0.25, 0.3) is 0 Å². The molecule has 0 amide bonds. The number of ether oxygens (including phenoxy) is 2. The molecule has 7 nitrogen and oxygen atoms in total. The number of piperidine rings is 1. The summed E-state index contributed by atoms with van der Waals surface area (Å²) in [6, 6.07) is 4.78. The molecule has 26 heavy (non-hydrogen) atoms. The Morgan fingerprint density at radius 1 is 1.35 bits per heavy atom. The van der Waals surface area contributed by atoms with Gasteiger partial charge in [0.15, 0.2) is 6.10 Å². The summed E-state index contributed by atoms with van der Waals surface area (Å²) in [5.41, 5.74) is 0.720. The maximum absolute atomic E-state index is 12.9. The topological polar surface area (TPSA) is 84.9 Å². The van der Waals surface area contributed by atoms with Crippen LogP contribution in [-0.4, -0.2) is 57.6 Å². The molecule has 2 aliphatic rings. The van der Waals surface area contributed by atoms with E-state index in [0.717, 1.165) is 31.5 Å². The lowest BCUT2D eigenvalue weighted by molar-refractivity contribution is -0.150. The molecule has 146 valence electrons. The van der Waals surface area contributed by atoms with Crippen molar-refractivity contribution in [3.05, 3.63) is 23.8 Å². The Kier molecular flexibility index (Phi) is 6.90. The third kappa shape index (κ3) is 4.14. The van der Waals surface area contributed by atoms with Crippen molar-refractivity contribution in [2.45, 2.75) is 43.2 Å². The number of nitrogens with zero attached hydrogens (tertiary/aromatic N) is 1. The summed E-state index contributed by atoms with van der Waals surface area (Å²) in [6.07, 6.45) is 1.23. The first-order valence-electron chi connectivity index (χ1n) is 8.58. The van der Waals surface area contributed by atoms with E-state index in [1.54, 1.807) is 32.2 Å². The second-order valence-corrected chi connectivity index (χ2v) is 8.33. The average molecular weight is 405 g/mol. The summed E-state index contributed by atoms with van der Waals surface area (Å²) < 4.78 is 37.9. The van der Waals surface area contributed by atoms with Gasteiger partial charge < -0.3 is 14.8 Å². The van der Waals surface area contributed by atoms with Crippen LogP contribution in [0.15, 0.2) is 23.1 Å². The number of hydrogen-bond acceptors (Lipinski definition) is 6. The Hall–Kier alpha value is -1.35. The highest BCUT2D eigenvalue weighted by Gasteiger charge is 2.33. The number of nitrogens with one attached hydrogen (secondary N) is 1. The van der Waals surface area contributed by atoms with Crippen LogP contribution < -0.4 is 10.1 Å². The zero-order valence-corrected chi connectivity index (χ0v) is 16.6. The molecule has 1 fully saturated rings. The normalized spacial score (nSPS) is 20.2. The van der Waals surface area contributed by atoms with Gasteiger partial charge in [-0.2, -0.15) is 4.31 Å². The molecule has 0 radical (unpaired) electrons. The standard InChI is InChI=1S/C17H24N2O5S.ClH/c1-3-23-17(20)16-11-12-10-14(4-5-15(12)24-16)25(21,22)19(2)13-6-8-18-9-7-13;/h4-5,10,13,16,18H,3,6-9,11H2,1-2H3;1H. The molecule has 1 aromatic carbocycles. The predicted octanol–water partition coefficient (Wildman–Crippen LogP) is 1.35. The van der Waals surface area contributed by atoms with E-state index in [9.17, 15) is 13.2 Å². The second-order valence-electron chi connectivity index (χ2n) is 6.33. The van der Waals surface area contributed by atoms with Gasteiger partial charge in [-0.25, -0.2) is 13.2 Å². The summed E-state index contributed by atoms with van der Waals surface area (Å²) in [7, 11) is -1.94. The molecule has 1 unspecified atom stereocenters. The van der Waals surface area contributed by atoms with Gasteiger partial charge in [-0.05, 0) is 56.6 Å². The Morgan fingerprint density at radius 3 is 2.69 bits per heavy atom. The molecule has 0 bridgehead atoms. The van der Waals surface area contributed by atoms with Crippen LogP contribution in [0.5, 0.6) is 5.75 Å². The van der Waals surface area contributed by atoms with Gasteiger partial charge in [0, 0.05) is 19.5 Å². The smallest absolute Gasteiger partial charge is 0.347 e. The maximum Gasteiger partial charge on any atom is 0.347 e. The summed E-state index contributed by atoms with van der Waals surface area (Å²) in [5.74, 6) is 0.122. The Labute approximate surface area is 160 Å². The highest BCUT2D eigenvalue weighted by molar-refractivity contribution is 7.89. The van der Waals surface area contributed by atoms with Crippen molar-refractivity contribution in [1.29, 1.82) is 0 Å². The molecule has 1 atom stereocenters. The molecule has 0 aromatic heterocycles. The van der Waals surface area contributed by atoms with E-state index in [1.807, 2.05) is 0 Å². The Morgan fingerprint density at radius 2 is 2.04 bits per heavy atom. The summed E-state index contributed by atoms with van der Waals surface area (Å²) in [4.78, 5) is 12.1. The zero-order valence-electron chi connectivity index (χ0n) is 14.9. The number of benzene rings is 1. The minimum atomic E-state index is -3.57. The van der Waals surface area contributed by atoms with E-state index in [-0.39, 0.29) is 30.0 Å². The number of rotatable bonds is 5. The molecule has 0 spiro atoms. The molecule has 0 saturated carbocycles. The van der Waals surface area contributed by atoms with Crippen molar-refractivity contribution in [1.82, 2.24) is 9.62 Å². The molecule has 2 aliphatic heterocycles. The maximum atomic E-state index is 12.9. The lowest BCUT2D eigenvalue weighted by Gasteiger charge is -2.30. The van der Waals surface area contributed by atoms with Crippen LogP contribution in [0.2, 0.25) is 0 Å². The van der Waals surface area contributed by atoms with Crippen LogP contribution in [0, 0.1) is 0 Å². The fourth-order valence-electron chi connectivity index (χ4n) is 3.28. The van der Waals surface area contributed by atoms with Crippen LogP contribution in [-0.2, 0) is 26.0 Å². The number of hydrogen-bond donors (Lipinski definition) is 1. The van der Waals surface area contributed by atoms with E-state index in [1.165, 1.54) is 4.31 Å². The first-order valence-corrected chi connectivity index (χ1v) is 10.0. The molecule has 0 aliphatic carbocycles. The number of sulfonamides is 1. The van der Waals surface area contributed by atoms with Gasteiger partial charge in [0.25, 0.3) is 0 Å². The van der Waals surface area contributed by atoms with E-state index in [2.05, 4.69) is 5.32 Å². The third-order valence-corrected chi connectivity index (χ3v) is 6.66. The number of fused-ring (bicyclic) bond motifs is 1.